The van der Waals surface area contributed by atoms with E-state index in [1.807, 2.05) is 24.3 Å². The van der Waals surface area contributed by atoms with Crippen molar-refractivity contribution >= 4 is 26.8 Å². The highest BCUT2D eigenvalue weighted by molar-refractivity contribution is 7.89. The number of hydrogen-bond acceptors (Lipinski definition) is 3. The number of rotatable bonds is 3. The molecule has 3 aromatic rings. The van der Waals surface area contributed by atoms with Crippen LogP contribution in [0, 0.1) is 11.6 Å². The van der Waals surface area contributed by atoms with Crippen molar-refractivity contribution in [2.75, 3.05) is 26.2 Å². The fraction of sp³-hybridized carbons (Fsp3) is 0.211. The monoisotopic (exact) mass is 405 g/mol. The van der Waals surface area contributed by atoms with Crippen LogP contribution in [0.5, 0.6) is 0 Å². The Hall–Kier alpha value is -2.78. The average molecular weight is 405 g/mol. The van der Waals surface area contributed by atoms with E-state index in [9.17, 15) is 22.0 Å². The number of aromatic nitrogens is 1. The zero-order chi connectivity index (χ0) is 19.9. The Kier molecular flexibility index (Phi) is 4.64. The van der Waals surface area contributed by atoms with Crippen LogP contribution in [0.15, 0.2) is 53.4 Å². The summed E-state index contributed by atoms with van der Waals surface area (Å²) in [5.41, 5.74) is 1.27. The van der Waals surface area contributed by atoms with Gasteiger partial charge in [-0.1, -0.05) is 18.2 Å². The van der Waals surface area contributed by atoms with Gasteiger partial charge in [0.25, 0.3) is 5.91 Å². The van der Waals surface area contributed by atoms with Gasteiger partial charge in [0.1, 0.15) is 22.2 Å². The van der Waals surface area contributed by atoms with Crippen molar-refractivity contribution in [3.63, 3.8) is 0 Å². The van der Waals surface area contributed by atoms with Gasteiger partial charge >= 0.3 is 0 Å². The first-order chi connectivity index (χ1) is 13.4. The summed E-state index contributed by atoms with van der Waals surface area (Å²) in [6.07, 6.45) is 0. The Morgan fingerprint density at radius 3 is 2.39 bits per heavy atom. The Balaban J connectivity index is 1.49. The highest BCUT2D eigenvalue weighted by atomic mass is 32.2. The third-order valence-electron chi connectivity index (χ3n) is 4.80. The first-order valence-electron chi connectivity index (χ1n) is 8.68. The first kappa shape index (κ1) is 18.6. The van der Waals surface area contributed by atoms with Crippen molar-refractivity contribution in [1.29, 1.82) is 0 Å². The van der Waals surface area contributed by atoms with Crippen LogP contribution in [-0.2, 0) is 10.0 Å². The Bertz CT molecular complexity index is 1120. The van der Waals surface area contributed by atoms with Crippen molar-refractivity contribution in [2.45, 2.75) is 4.90 Å². The molecule has 9 heteroatoms. The number of nitrogens with one attached hydrogen (secondary N) is 1. The predicted octanol–water partition coefficient (Wildman–Crippen LogP) is 2.59. The molecule has 6 nitrogen and oxygen atoms in total. The third kappa shape index (κ3) is 3.27. The number of hydrogen-bond donors (Lipinski definition) is 1. The van der Waals surface area contributed by atoms with Gasteiger partial charge in [-0.3, -0.25) is 4.79 Å². The lowest BCUT2D eigenvalue weighted by Crippen LogP contribution is -2.50. The second kappa shape index (κ2) is 6.99. The maximum Gasteiger partial charge on any atom is 0.270 e. The summed E-state index contributed by atoms with van der Waals surface area (Å²) < 4.78 is 53.6. The van der Waals surface area contributed by atoms with Crippen LogP contribution in [0.2, 0.25) is 0 Å². The van der Waals surface area contributed by atoms with Crippen LogP contribution in [0.3, 0.4) is 0 Å². The van der Waals surface area contributed by atoms with E-state index >= 15 is 0 Å². The van der Waals surface area contributed by atoms with E-state index < -0.39 is 26.6 Å². The second-order valence-corrected chi connectivity index (χ2v) is 8.45. The van der Waals surface area contributed by atoms with Gasteiger partial charge < -0.3 is 9.88 Å². The SMILES string of the molecule is O=C(c1cc2ccccc2[nH]1)N1CCN(S(=O)(=O)c2cc(F)ccc2F)CC1. The van der Waals surface area contributed by atoms with Gasteiger partial charge in [0, 0.05) is 37.1 Å². The number of piperazine rings is 1. The molecule has 1 N–H and O–H groups in total. The molecular weight excluding hydrogens is 388 g/mol. The van der Waals surface area contributed by atoms with E-state index in [4.69, 9.17) is 0 Å². The van der Waals surface area contributed by atoms with E-state index in [-0.39, 0.29) is 32.1 Å². The zero-order valence-electron chi connectivity index (χ0n) is 14.7. The fourth-order valence-electron chi connectivity index (χ4n) is 3.30. The molecule has 1 aliphatic heterocycles. The van der Waals surface area contributed by atoms with Crippen LogP contribution >= 0.6 is 0 Å². The van der Waals surface area contributed by atoms with Crippen molar-refractivity contribution in [3.05, 3.63) is 65.9 Å². The van der Waals surface area contributed by atoms with Crippen molar-refractivity contribution in [3.8, 4) is 0 Å². The highest BCUT2D eigenvalue weighted by Gasteiger charge is 2.32. The van der Waals surface area contributed by atoms with Gasteiger partial charge in [0.15, 0.2) is 0 Å². The van der Waals surface area contributed by atoms with E-state index in [1.165, 1.54) is 0 Å². The van der Waals surface area contributed by atoms with Crippen LogP contribution in [-0.4, -0.2) is 54.7 Å². The largest absolute Gasteiger partial charge is 0.351 e. The Morgan fingerprint density at radius 2 is 1.68 bits per heavy atom. The predicted molar refractivity (Wildman–Crippen MR) is 99.3 cm³/mol. The standard InChI is InChI=1S/C19H17F2N3O3S/c20-14-5-6-15(21)18(12-14)28(26,27)24-9-7-23(8-10-24)19(25)17-11-13-3-1-2-4-16(13)22-17/h1-6,11-12,22H,7-10H2. The number of amides is 1. The molecule has 0 saturated carbocycles. The Morgan fingerprint density at radius 1 is 0.964 bits per heavy atom. The van der Waals surface area contributed by atoms with Gasteiger partial charge in [0.2, 0.25) is 10.0 Å². The number of para-hydroxylation sites is 1. The molecule has 0 aliphatic carbocycles. The van der Waals surface area contributed by atoms with E-state index in [0.717, 1.165) is 27.3 Å². The minimum absolute atomic E-state index is 0.00422. The maximum absolute atomic E-state index is 13.9. The molecule has 1 fully saturated rings. The molecule has 4 rings (SSSR count). The highest BCUT2D eigenvalue weighted by Crippen LogP contribution is 2.23. The molecule has 2 heterocycles. The van der Waals surface area contributed by atoms with Gasteiger partial charge in [-0.2, -0.15) is 4.31 Å². The molecule has 1 aromatic heterocycles. The second-order valence-electron chi connectivity index (χ2n) is 6.54. The number of sulfonamides is 1. The minimum atomic E-state index is -4.18. The molecule has 2 aromatic carbocycles. The van der Waals surface area contributed by atoms with Gasteiger partial charge in [-0.05, 0) is 30.3 Å². The molecule has 0 bridgehead atoms. The summed E-state index contributed by atoms with van der Waals surface area (Å²) in [5.74, 6) is -2.06. The number of nitrogens with zero attached hydrogens (tertiary/aromatic N) is 2. The molecule has 1 saturated heterocycles. The normalized spacial score (nSPS) is 15.9. The molecule has 28 heavy (non-hydrogen) atoms. The van der Waals surface area contributed by atoms with Crippen LogP contribution in [0.4, 0.5) is 8.78 Å². The van der Waals surface area contributed by atoms with Crippen molar-refractivity contribution < 1.29 is 22.0 Å². The van der Waals surface area contributed by atoms with E-state index in [2.05, 4.69) is 4.98 Å². The van der Waals surface area contributed by atoms with Crippen molar-refractivity contribution in [1.82, 2.24) is 14.2 Å². The van der Waals surface area contributed by atoms with E-state index in [1.54, 1.807) is 11.0 Å². The number of carbonyl (C=O) groups is 1. The lowest BCUT2D eigenvalue weighted by Gasteiger charge is -2.33. The lowest BCUT2D eigenvalue weighted by molar-refractivity contribution is 0.0693. The summed E-state index contributed by atoms with van der Waals surface area (Å²) in [7, 11) is -4.18. The van der Waals surface area contributed by atoms with Crippen LogP contribution in [0.25, 0.3) is 10.9 Å². The van der Waals surface area contributed by atoms with Gasteiger partial charge in [0.05, 0.1) is 0 Å². The third-order valence-corrected chi connectivity index (χ3v) is 6.71. The summed E-state index contributed by atoms with van der Waals surface area (Å²) in [6.45, 7) is 0.323. The van der Waals surface area contributed by atoms with Gasteiger partial charge in [-0.15, -0.1) is 0 Å². The number of benzene rings is 2. The number of carbonyl (C=O) groups excluding carboxylic acids is 1. The summed E-state index contributed by atoms with van der Waals surface area (Å²) >= 11 is 0. The average Bonchev–Trinajstić information content (AvgIpc) is 3.13. The van der Waals surface area contributed by atoms with Crippen molar-refractivity contribution in [2.24, 2.45) is 0 Å². The van der Waals surface area contributed by atoms with Crippen LogP contribution in [0.1, 0.15) is 10.5 Å². The molecular formula is C19H17F2N3O3S. The lowest BCUT2D eigenvalue weighted by atomic mass is 10.2. The summed E-state index contributed by atoms with van der Waals surface area (Å²) in [5, 5.41) is 0.911. The number of aromatic amines is 1. The summed E-state index contributed by atoms with van der Waals surface area (Å²) in [6, 6.07) is 11.6. The molecule has 1 aliphatic rings. The van der Waals surface area contributed by atoms with Gasteiger partial charge in [-0.25, -0.2) is 17.2 Å². The summed E-state index contributed by atoms with van der Waals surface area (Å²) in [4.78, 5) is 16.6. The zero-order valence-corrected chi connectivity index (χ0v) is 15.5. The molecule has 0 atom stereocenters. The molecule has 1 amide bonds. The quantitative estimate of drug-likeness (QED) is 0.728. The molecule has 0 spiro atoms. The number of halogens is 2. The molecule has 0 radical (unpaired) electrons. The molecule has 146 valence electrons. The molecule has 0 unspecified atom stereocenters. The smallest absolute Gasteiger partial charge is 0.270 e. The van der Waals surface area contributed by atoms with Crippen LogP contribution < -0.4 is 0 Å². The van der Waals surface area contributed by atoms with E-state index in [0.29, 0.717) is 11.8 Å². The first-order valence-corrected chi connectivity index (χ1v) is 10.1. The topological polar surface area (TPSA) is 73.5 Å². The number of H-pyrrole nitrogens is 1. The fourth-order valence-corrected chi connectivity index (χ4v) is 4.80. The maximum atomic E-state index is 13.9. The minimum Gasteiger partial charge on any atom is -0.351 e. The Labute approximate surface area is 160 Å². The number of fused-ring (bicyclic) bond motifs is 1.